The van der Waals surface area contributed by atoms with Crippen molar-refractivity contribution in [2.24, 2.45) is 4.99 Å². The molecule has 0 aromatic heterocycles. The Kier molecular flexibility index (Phi) is 16.3. The molecule has 1 amide bonds. The number of nitrogens with one attached hydrogen (secondary N) is 2. The molecule has 2 saturated heterocycles. The number of amides is 1. The lowest BCUT2D eigenvalue weighted by atomic mass is 9.96. The van der Waals surface area contributed by atoms with Crippen LogP contribution in [0.1, 0.15) is 73.9 Å². The summed E-state index contributed by atoms with van der Waals surface area (Å²) in [5.41, 5.74) is 7.44. The van der Waals surface area contributed by atoms with Crippen molar-refractivity contribution < 1.29 is 14.3 Å². The number of carbonyl (C=O) groups excluding carboxylic acids is 2. The van der Waals surface area contributed by atoms with Crippen molar-refractivity contribution in [1.82, 2.24) is 20.0 Å². The smallest absolute Gasteiger partial charge is 0.259 e. The van der Waals surface area contributed by atoms with Crippen LogP contribution in [0.2, 0.25) is 0 Å². The Morgan fingerprint density at radius 1 is 1.00 bits per heavy atom. The fourth-order valence-corrected chi connectivity index (χ4v) is 8.49. The number of carbonyl (C=O) groups is 2. The maximum absolute atomic E-state index is 13.6. The summed E-state index contributed by atoms with van der Waals surface area (Å²) < 4.78 is 5.62. The maximum Gasteiger partial charge on any atom is 0.259 e. The number of likely N-dealkylation sites (N-methyl/N-ethyl adjacent to an activating group) is 1. The van der Waals surface area contributed by atoms with E-state index in [2.05, 4.69) is 77.4 Å². The molecule has 12 heteroatoms. The lowest BCUT2D eigenvalue weighted by molar-refractivity contribution is -0.120. The largest absolute Gasteiger partial charge is 0.486 e. The van der Waals surface area contributed by atoms with Crippen molar-refractivity contribution in [2.75, 3.05) is 76.1 Å². The summed E-state index contributed by atoms with van der Waals surface area (Å²) in [6, 6.07) is 13.0. The van der Waals surface area contributed by atoms with E-state index >= 15 is 0 Å². The molecule has 5 rings (SSSR count). The van der Waals surface area contributed by atoms with Crippen LogP contribution in [0.25, 0.3) is 11.8 Å². The van der Waals surface area contributed by atoms with E-state index in [1.54, 1.807) is 17.2 Å². The van der Waals surface area contributed by atoms with Gasteiger partial charge in [0.05, 0.1) is 16.8 Å². The second-order valence-electron chi connectivity index (χ2n) is 16.3. The number of anilines is 3. The number of halogens is 1. The summed E-state index contributed by atoms with van der Waals surface area (Å²) in [5.74, 6) is 1.34. The van der Waals surface area contributed by atoms with Crippen LogP contribution < -0.4 is 20.4 Å². The normalized spacial score (nSPS) is 17.3. The molecule has 1 unspecified atom stereocenters. The molecule has 3 heterocycles. The van der Waals surface area contributed by atoms with Crippen LogP contribution in [0.3, 0.4) is 0 Å². The van der Waals surface area contributed by atoms with Gasteiger partial charge in [0.15, 0.2) is 5.78 Å². The number of piperidine rings is 2. The van der Waals surface area contributed by atoms with E-state index < -0.39 is 0 Å². The number of nitrogens with zero attached hydrogens (tertiary/aromatic N) is 6. The highest BCUT2D eigenvalue weighted by Crippen LogP contribution is 2.38. The van der Waals surface area contributed by atoms with E-state index in [0.717, 1.165) is 110 Å². The summed E-state index contributed by atoms with van der Waals surface area (Å²) in [7, 11) is 8.06. The molecule has 61 heavy (non-hydrogen) atoms. The summed E-state index contributed by atoms with van der Waals surface area (Å²) >= 11 is 6.70. The van der Waals surface area contributed by atoms with E-state index in [-0.39, 0.29) is 24.3 Å². The van der Waals surface area contributed by atoms with Crippen LogP contribution in [0.15, 0.2) is 115 Å². The quantitative estimate of drug-likeness (QED) is 0.0473. The summed E-state index contributed by atoms with van der Waals surface area (Å²) in [6.45, 7) is 27.7. The lowest BCUT2D eigenvalue weighted by Crippen LogP contribution is -2.51. The predicted octanol–water partition coefficient (Wildman–Crippen LogP) is 8.87. The minimum absolute atomic E-state index is 0.0197. The molecule has 0 saturated carbocycles. The van der Waals surface area contributed by atoms with Gasteiger partial charge in [0.1, 0.15) is 18.2 Å². The van der Waals surface area contributed by atoms with Crippen molar-refractivity contribution in [3.05, 3.63) is 127 Å². The fourth-order valence-electron chi connectivity index (χ4n) is 8.39. The van der Waals surface area contributed by atoms with Gasteiger partial charge in [-0.25, -0.2) is 4.99 Å². The third-order valence-electron chi connectivity index (χ3n) is 12.0. The highest BCUT2D eigenvalue weighted by molar-refractivity contribution is 6.32. The Hall–Kier alpha value is -5.52. The number of allylic oxidation sites excluding steroid dienone is 3. The fraction of sp³-hybridized carbons (Fsp3) is 0.408. The Morgan fingerprint density at radius 3 is 2.28 bits per heavy atom. The van der Waals surface area contributed by atoms with Crippen molar-refractivity contribution in [1.29, 1.82) is 0 Å². The first kappa shape index (κ1) is 46.5. The summed E-state index contributed by atoms with van der Waals surface area (Å²) in [5, 5.41) is 6.87. The summed E-state index contributed by atoms with van der Waals surface area (Å²) in [4.78, 5) is 41.0. The van der Waals surface area contributed by atoms with Gasteiger partial charge < -0.3 is 35.0 Å². The van der Waals surface area contributed by atoms with Crippen molar-refractivity contribution >= 4 is 58.0 Å². The second kappa shape index (κ2) is 21.3. The number of likely N-dealkylation sites (tertiary alicyclic amines) is 1. The molecule has 0 radical (unpaired) electrons. The van der Waals surface area contributed by atoms with Gasteiger partial charge in [0.25, 0.3) is 5.91 Å². The van der Waals surface area contributed by atoms with Gasteiger partial charge >= 0.3 is 0 Å². The number of aliphatic imine (C=N–C) groups is 1. The molecule has 11 nitrogen and oxygen atoms in total. The van der Waals surface area contributed by atoms with Gasteiger partial charge in [-0.3, -0.25) is 14.5 Å². The van der Waals surface area contributed by atoms with Crippen molar-refractivity contribution in [3.8, 4) is 0 Å². The van der Waals surface area contributed by atoms with Gasteiger partial charge in [-0.2, -0.15) is 0 Å². The molecule has 2 aromatic rings. The SMILES string of the molecule is C=CCCC(C(=C)NC)N1C(=C)c2cc(N3CCC(N(C)C4CCN(/C(C)=N/C=C(/Cl)C(=C)Nc5ccc(N(C)C)c(/C=C(\C=C)OCC(C)=O)c5)CC4)CC3)ccc2C1=O. The van der Waals surface area contributed by atoms with Crippen LogP contribution in [-0.2, 0) is 9.53 Å². The molecule has 0 bridgehead atoms. The number of hydrogen-bond acceptors (Lipinski definition) is 9. The molecule has 0 aliphatic carbocycles. The van der Waals surface area contributed by atoms with Gasteiger partial charge in [-0.15, -0.1) is 6.58 Å². The topological polar surface area (TPSA) is 96.0 Å². The van der Waals surface area contributed by atoms with Gasteiger partial charge in [-0.1, -0.05) is 44.0 Å². The van der Waals surface area contributed by atoms with Gasteiger partial charge in [0, 0.05) is 111 Å². The number of amidine groups is 1. The molecule has 2 N–H and O–H groups in total. The van der Waals surface area contributed by atoms with Gasteiger partial charge in [0.2, 0.25) is 0 Å². The number of Topliss-reactive ketones (excluding diaryl/α,β-unsaturated/α-hetero) is 1. The first-order chi connectivity index (χ1) is 29.2. The Morgan fingerprint density at radius 2 is 1.67 bits per heavy atom. The first-order valence-corrected chi connectivity index (χ1v) is 21.5. The molecule has 2 aromatic carbocycles. The number of rotatable bonds is 19. The highest BCUT2D eigenvalue weighted by atomic mass is 35.5. The zero-order chi connectivity index (χ0) is 44.4. The van der Waals surface area contributed by atoms with E-state index in [9.17, 15) is 9.59 Å². The summed E-state index contributed by atoms with van der Waals surface area (Å²) in [6.07, 6.45) is 12.8. The molecule has 1 atom stereocenters. The van der Waals surface area contributed by atoms with Crippen LogP contribution in [0.4, 0.5) is 17.1 Å². The minimum atomic E-state index is -0.187. The Labute approximate surface area is 369 Å². The Bertz CT molecular complexity index is 2090. The molecular weight excluding hydrogens is 784 g/mol. The number of ether oxygens (including phenoxy) is 1. The van der Waals surface area contributed by atoms with Crippen LogP contribution >= 0.6 is 11.6 Å². The highest BCUT2D eigenvalue weighted by Gasteiger charge is 2.37. The number of hydrogen-bond donors (Lipinski definition) is 2. The number of benzene rings is 2. The van der Waals surface area contributed by atoms with Crippen molar-refractivity contribution in [3.63, 3.8) is 0 Å². The van der Waals surface area contributed by atoms with Crippen LogP contribution in [-0.4, -0.2) is 111 Å². The molecule has 326 valence electrons. The predicted molar refractivity (Wildman–Crippen MR) is 256 cm³/mol. The monoisotopic (exact) mass is 848 g/mol. The van der Waals surface area contributed by atoms with Crippen molar-refractivity contribution in [2.45, 2.75) is 70.5 Å². The van der Waals surface area contributed by atoms with Gasteiger partial charge in [-0.05, 0) is 108 Å². The van der Waals surface area contributed by atoms with E-state index in [1.165, 1.54) is 6.92 Å². The average molecular weight is 850 g/mol. The number of fused-ring (bicyclic) bond motifs is 1. The second-order valence-corrected chi connectivity index (χ2v) is 16.7. The molecule has 2 fully saturated rings. The molecule has 3 aliphatic rings. The lowest BCUT2D eigenvalue weighted by Gasteiger charge is -2.44. The third-order valence-corrected chi connectivity index (χ3v) is 12.4. The van der Waals surface area contributed by atoms with Crippen LogP contribution in [0.5, 0.6) is 0 Å². The molecular formula is C49H65ClN8O3. The maximum atomic E-state index is 13.6. The Balaban J connectivity index is 1.12. The average Bonchev–Trinajstić information content (AvgIpc) is 3.51. The van der Waals surface area contributed by atoms with E-state index in [0.29, 0.717) is 34.1 Å². The minimum Gasteiger partial charge on any atom is -0.486 e. The van der Waals surface area contributed by atoms with E-state index in [1.807, 2.05) is 69.4 Å². The third kappa shape index (κ3) is 11.4. The number of ketones is 1. The standard InChI is InChI=1S/C49H65ClN8O3/c1-12-14-15-47(35(5)51-8)58-36(6)45-30-42(17-18-44(45)49(58)60)57-26-22-41(23-27-57)55(11)40-20-24-56(25-21-40)37(7)52-31-46(50)34(4)53-39-16-19-48(54(9)10)38(28-39)29-43(13-2)61-32-33(3)59/h12-13,16-19,28-31,40-41,47,51,53H,1-2,4-6,14-15,20-27,32H2,3,7-11H3/b43-29+,46-31+,52-37+. The first-order valence-electron chi connectivity index (χ1n) is 21.2. The van der Waals surface area contributed by atoms with Crippen LogP contribution in [0, 0.1) is 0 Å². The zero-order valence-electron chi connectivity index (χ0n) is 37.1. The zero-order valence-corrected chi connectivity index (χ0v) is 37.9. The van der Waals surface area contributed by atoms with E-state index in [4.69, 9.17) is 21.3 Å². The molecule has 3 aliphatic heterocycles. The molecule has 0 spiro atoms.